The van der Waals surface area contributed by atoms with Crippen LogP contribution in [0.2, 0.25) is 5.02 Å². The first-order valence-electron chi connectivity index (χ1n) is 7.06. The molecule has 1 N–H and O–H groups in total. The summed E-state index contributed by atoms with van der Waals surface area (Å²) in [6.45, 7) is 5.02. The highest BCUT2D eigenvalue weighted by atomic mass is 35.5. The van der Waals surface area contributed by atoms with Crippen molar-refractivity contribution in [1.29, 1.82) is 0 Å². The number of rotatable bonds is 7. The number of benzene rings is 1. The Morgan fingerprint density at radius 2 is 2.30 bits per heavy atom. The zero-order chi connectivity index (χ0) is 14.4. The van der Waals surface area contributed by atoms with Crippen LogP contribution in [0, 0.1) is 0 Å². The second-order valence-corrected chi connectivity index (χ2v) is 5.22. The molecule has 20 heavy (non-hydrogen) atoms. The van der Waals surface area contributed by atoms with Gasteiger partial charge >= 0.3 is 0 Å². The molecule has 1 atom stereocenters. The summed E-state index contributed by atoms with van der Waals surface area (Å²) in [6, 6.07) is 3.88. The molecule has 1 aliphatic heterocycles. The van der Waals surface area contributed by atoms with E-state index in [-0.39, 0.29) is 0 Å². The van der Waals surface area contributed by atoms with Crippen molar-refractivity contribution < 1.29 is 14.2 Å². The molecule has 1 aromatic carbocycles. The van der Waals surface area contributed by atoms with Gasteiger partial charge in [-0.3, -0.25) is 0 Å². The molecule has 1 fully saturated rings. The first kappa shape index (κ1) is 15.4. The van der Waals surface area contributed by atoms with E-state index in [0.29, 0.717) is 29.2 Å². The van der Waals surface area contributed by atoms with Crippen LogP contribution in [0.25, 0.3) is 0 Å². The molecule has 0 spiro atoms. The van der Waals surface area contributed by atoms with Crippen LogP contribution in [0.5, 0.6) is 11.5 Å². The number of hydrogen-bond donors (Lipinski definition) is 1. The molecule has 1 heterocycles. The maximum atomic E-state index is 6.22. The molecule has 0 amide bonds. The third kappa shape index (κ3) is 4.01. The van der Waals surface area contributed by atoms with E-state index in [1.54, 1.807) is 7.11 Å². The maximum absolute atomic E-state index is 6.22. The Labute approximate surface area is 125 Å². The topological polar surface area (TPSA) is 39.7 Å². The van der Waals surface area contributed by atoms with Crippen LogP contribution in [0.1, 0.15) is 25.3 Å². The van der Waals surface area contributed by atoms with Gasteiger partial charge in [0, 0.05) is 19.7 Å². The molecule has 112 valence electrons. The average molecular weight is 300 g/mol. The molecule has 0 aliphatic carbocycles. The van der Waals surface area contributed by atoms with Crippen LogP contribution < -0.4 is 14.8 Å². The summed E-state index contributed by atoms with van der Waals surface area (Å²) in [5.74, 6) is 1.29. The Morgan fingerprint density at radius 3 is 2.95 bits per heavy atom. The van der Waals surface area contributed by atoms with Gasteiger partial charge in [0.1, 0.15) is 0 Å². The van der Waals surface area contributed by atoms with E-state index in [9.17, 15) is 0 Å². The second-order valence-electron chi connectivity index (χ2n) is 4.81. The first-order valence-corrected chi connectivity index (χ1v) is 7.44. The summed E-state index contributed by atoms with van der Waals surface area (Å²) in [6.07, 6.45) is 2.64. The lowest BCUT2D eigenvalue weighted by Gasteiger charge is -2.14. The Balaban J connectivity index is 1.96. The zero-order valence-electron chi connectivity index (χ0n) is 12.1. The third-order valence-electron chi connectivity index (χ3n) is 3.30. The number of halogens is 1. The Kier molecular flexibility index (Phi) is 5.95. The van der Waals surface area contributed by atoms with Gasteiger partial charge in [-0.15, -0.1) is 0 Å². The molecule has 0 bridgehead atoms. The summed E-state index contributed by atoms with van der Waals surface area (Å²) in [7, 11) is 1.60. The van der Waals surface area contributed by atoms with Crippen LogP contribution >= 0.6 is 11.6 Å². The van der Waals surface area contributed by atoms with Crippen molar-refractivity contribution in [3.8, 4) is 11.5 Å². The number of ether oxygens (including phenoxy) is 3. The van der Waals surface area contributed by atoms with Crippen LogP contribution in [-0.2, 0) is 11.3 Å². The van der Waals surface area contributed by atoms with Crippen LogP contribution in [0.4, 0.5) is 0 Å². The summed E-state index contributed by atoms with van der Waals surface area (Å²) in [4.78, 5) is 0. The Bertz CT molecular complexity index is 433. The first-order chi connectivity index (χ1) is 9.74. The van der Waals surface area contributed by atoms with Gasteiger partial charge in [0.05, 0.1) is 24.8 Å². The van der Waals surface area contributed by atoms with Gasteiger partial charge in [-0.1, -0.05) is 11.6 Å². The van der Waals surface area contributed by atoms with E-state index < -0.39 is 0 Å². The van der Waals surface area contributed by atoms with Crippen molar-refractivity contribution in [2.24, 2.45) is 0 Å². The predicted octanol–water partition coefficient (Wildman–Crippen LogP) is 3.02. The highest BCUT2D eigenvalue weighted by Crippen LogP contribution is 2.36. The van der Waals surface area contributed by atoms with Crippen LogP contribution in [0.3, 0.4) is 0 Å². The summed E-state index contributed by atoms with van der Waals surface area (Å²) in [5, 5.41) is 3.97. The van der Waals surface area contributed by atoms with Crippen molar-refractivity contribution in [3.05, 3.63) is 22.7 Å². The van der Waals surface area contributed by atoms with Gasteiger partial charge in [-0.2, -0.15) is 0 Å². The normalized spacial score (nSPS) is 18.2. The number of nitrogens with one attached hydrogen (secondary N) is 1. The molecule has 0 aromatic heterocycles. The molecule has 2 rings (SSSR count). The molecule has 0 radical (unpaired) electrons. The Morgan fingerprint density at radius 1 is 1.45 bits per heavy atom. The van der Waals surface area contributed by atoms with Crippen molar-refractivity contribution in [3.63, 3.8) is 0 Å². The fourth-order valence-electron chi connectivity index (χ4n) is 2.37. The highest BCUT2D eigenvalue weighted by molar-refractivity contribution is 6.32. The smallest absolute Gasteiger partial charge is 0.179 e. The van der Waals surface area contributed by atoms with E-state index in [0.717, 1.165) is 38.1 Å². The lowest BCUT2D eigenvalue weighted by Crippen LogP contribution is -2.25. The molecule has 1 aromatic rings. The van der Waals surface area contributed by atoms with E-state index in [1.807, 2.05) is 19.1 Å². The maximum Gasteiger partial charge on any atom is 0.179 e. The fraction of sp³-hybridized carbons (Fsp3) is 0.600. The lowest BCUT2D eigenvalue weighted by molar-refractivity contribution is 0.110. The van der Waals surface area contributed by atoms with E-state index in [4.69, 9.17) is 25.8 Å². The monoisotopic (exact) mass is 299 g/mol. The number of methoxy groups -OCH3 is 1. The minimum atomic E-state index is 0.343. The van der Waals surface area contributed by atoms with E-state index >= 15 is 0 Å². The SMILES string of the molecule is CCOc1cc(CNCC2CCCO2)cc(Cl)c1OC. The summed E-state index contributed by atoms with van der Waals surface area (Å²) in [5.41, 5.74) is 1.08. The van der Waals surface area contributed by atoms with Gasteiger partial charge in [0.25, 0.3) is 0 Å². The predicted molar refractivity (Wildman–Crippen MR) is 79.9 cm³/mol. The fourth-order valence-corrected chi connectivity index (χ4v) is 2.68. The van der Waals surface area contributed by atoms with Gasteiger partial charge in [-0.25, -0.2) is 0 Å². The summed E-state index contributed by atoms with van der Waals surface area (Å²) < 4.78 is 16.4. The second kappa shape index (κ2) is 7.72. The van der Waals surface area contributed by atoms with Gasteiger partial charge in [0.15, 0.2) is 11.5 Å². The van der Waals surface area contributed by atoms with Crippen molar-refractivity contribution in [1.82, 2.24) is 5.32 Å². The van der Waals surface area contributed by atoms with Gasteiger partial charge in [0.2, 0.25) is 0 Å². The molecule has 0 saturated carbocycles. The minimum Gasteiger partial charge on any atom is -0.491 e. The van der Waals surface area contributed by atoms with Gasteiger partial charge in [-0.05, 0) is 37.5 Å². The van der Waals surface area contributed by atoms with Gasteiger partial charge < -0.3 is 19.5 Å². The molecule has 1 aliphatic rings. The van der Waals surface area contributed by atoms with E-state index in [2.05, 4.69) is 5.32 Å². The molecule has 4 nitrogen and oxygen atoms in total. The molecular formula is C15H22ClNO3. The Hall–Kier alpha value is -0.970. The largest absolute Gasteiger partial charge is 0.491 e. The summed E-state index contributed by atoms with van der Waals surface area (Å²) >= 11 is 6.22. The standard InChI is InChI=1S/C15H22ClNO3/c1-3-19-14-8-11(7-13(16)15(14)18-2)9-17-10-12-5-4-6-20-12/h7-8,12,17H,3-6,9-10H2,1-2H3. The molecular weight excluding hydrogens is 278 g/mol. The van der Waals surface area contributed by atoms with Crippen molar-refractivity contribution in [2.75, 3.05) is 26.9 Å². The highest BCUT2D eigenvalue weighted by Gasteiger charge is 2.15. The van der Waals surface area contributed by atoms with E-state index in [1.165, 1.54) is 0 Å². The molecule has 5 heteroatoms. The quantitative estimate of drug-likeness (QED) is 0.840. The lowest BCUT2D eigenvalue weighted by atomic mass is 10.2. The zero-order valence-corrected chi connectivity index (χ0v) is 12.8. The van der Waals surface area contributed by atoms with Crippen molar-refractivity contribution in [2.45, 2.75) is 32.4 Å². The average Bonchev–Trinajstić information content (AvgIpc) is 2.92. The minimum absolute atomic E-state index is 0.343. The number of hydrogen-bond acceptors (Lipinski definition) is 4. The van der Waals surface area contributed by atoms with Crippen LogP contribution in [0.15, 0.2) is 12.1 Å². The van der Waals surface area contributed by atoms with Crippen LogP contribution in [-0.4, -0.2) is 33.0 Å². The molecule has 1 unspecified atom stereocenters. The molecule has 1 saturated heterocycles. The third-order valence-corrected chi connectivity index (χ3v) is 3.58. The van der Waals surface area contributed by atoms with Crippen molar-refractivity contribution >= 4 is 11.6 Å².